The van der Waals surface area contributed by atoms with Crippen LogP contribution in [0.15, 0.2) is 30.3 Å². The van der Waals surface area contributed by atoms with Gasteiger partial charge >= 0.3 is 5.97 Å². The summed E-state index contributed by atoms with van der Waals surface area (Å²) < 4.78 is 69.8. The second-order valence-electron chi connectivity index (χ2n) is 13.1. The van der Waals surface area contributed by atoms with Crippen molar-refractivity contribution in [1.29, 1.82) is 0 Å². The van der Waals surface area contributed by atoms with Gasteiger partial charge in [0.05, 0.1) is 18.6 Å². The molecular weight excluding hydrogens is 584 g/mol. The second-order valence-corrected chi connectivity index (χ2v) is 13.1. The predicted octanol–water partition coefficient (Wildman–Crippen LogP) is 9.73. The Balaban J connectivity index is 1.07. The Labute approximate surface area is 264 Å². The Hall–Kier alpha value is -2.87. The van der Waals surface area contributed by atoms with Crippen molar-refractivity contribution >= 4 is 11.5 Å². The number of esters is 1. The number of carbonyl (C=O) groups excluding carboxylic acids is 1. The van der Waals surface area contributed by atoms with Crippen LogP contribution in [-0.4, -0.2) is 23.8 Å². The molecule has 2 unspecified atom stereocenters. The van der Waals surface area contributed by atoms with Gasteiger partial charge in [-0.05, 0) is 125 Å². The lowest BCUT2D eigenvalue weighted by atomic mass is 9.71. The quantitative estimate of drug-likeness (QED) is 0.210. The number of carbonyl (C=O) groups is 1. The highest BCUT2D eigenvalue weighted by Gasteiger charge is 2.35. The maximum Gasteiger partial charge on any atom is 0.309 e. The minimum atomic E-state index is -1.01. The van der Waals surface area contributed by atoms with E-state index in [4.69, 9.17) is 9.47 Å². The minimum absolute atomic E-state index is 0.0103. The molecule has 0 saturated heterocycles. The fourth-order valence-corrected chi connectivity index (χ4v) is 7.73. The standard InChI is InChI=1S/C37H46F4O4/c1-3-5-31(42)30-19-18-28(33(38)35(30)40)25-14-16-27(17-15-25)45-37(43)26-12-8-23(9-13-26)22-6-10-24(11-7-22)29-20-21-32(44-4-2)36(41)34(29)39/h10,18-23,25-27,31,42H,3-9,11-17H2,1-2H3. The first-order valence-electron chi connectivity index (χ1n) is 16.9. The molecule has 0 heterocycles. The molecule has 0 radical (unpaired) electrons. The van der Waals surface area contributed by atoms with Gasteiger partial charge in [0.1, 0.15) is 6.10 Å². The number of hydrogen-bond acceptors (Lipinski definition) is 4. The summed E-state index contributed by atoms with van der Waals surface area (Å²) in [6.07, 6.45) is 10.2. The maximum absolute atomic E-state index is 14.9. The number of halogens is 4. The van der Waals surface area contributed by atoms with Crippen LogP contribution >= 0.6 is 0 Å². The number of rotatable bonds is 10. The SMILES string of the molecule is CCCC(O)c1ccc(C2CCC(OC(=O)C3CCC(C4CC=C(c5ccc(OCC)c(F)c5F)CC4)CC3)CC2)c(F)c1F. The summed E-state index contributed by atoms with van der Waals surface area (Å²) in [6.45, 7) is 3.89. The number of allylic oxidation sites excluding steroid dienone is 2. The monoisotopic (exact) mass is 630 g/mol. The van der Waals surface area contributed by atoms with Crippen molar-refractivity contribution in [2.75, 3.05) is 6.61 Å². The zero-order valence-electron chi connectivity index (χ0n) is 26.4. The molecule has 2 saturated carbocycles. The molecule has 4 nitrogen and oxygen atoms in total. The number of ether oxygens (including phenoxy) is 2. The highest BCUT2D eigenvalue weighted by Crippen LogP contribution is 2.43. The summed E-state index contributed by atoms with van der Waals surface area (Å²) in [7, 11) is 0. The molecular formula is C37H46F4O4. The van der Waals surface area contributed by atoms with Gasteiger partial charge in [-0.2, -0.15) is 4.39 Å². The van der Waals surface area contributed by atoms with Crippen molar-refractivity contribution in [3.05, 3.63) is 70.3 Å². The van der Waals surface area contributed by atoms with Crippen molar-refractivity contribution in [3.63, 3.8) is 0 Å². The van der Waals surface area contributed by atoms with Crippen LogP contribution < -0.4 is 4.74 Å². The summed E-state index contributed by atoms with van der Waals surface area (Å²) in [4.78, 5) is 13.0. The fourth-order valence-electron chi connectivity index (χ4n) is 7.73. The molecule has 0 bridgehead atoms. The van der Waals surface area contributed by atoms with Crippen LogP contribution in [0.2, 0.25) is 0 Å². The van der Waals surface area contributed by atoms with Crippen LogP contribution in [0.5, 0.6) is 5.75 Å². The molecule has 2 aromatic carbocycles. The Morgan fingerprint density at radius 3 is 2.22 bits per heavy atom. The van der Waals surface area contributed by atoms with Crippen molar-refractivity contribution in [2.24, 2.45) is 17.8 Å². The third-order valence-corrected chi connectivity index (χ3v) is 10.4. The molecule has 0 aromatic heterocycles. The number of benzene rings is 2. The van der Waals surface area contributed by atoms with Gasteiger partial charge in [-0.25, -0.2) is 13.2 Å². The van der Waals surface area contributed by atoms with E-state index in [1.54, 1.807) is 19.1 Å². The average molecular weight is 631 g/mol. The summed E-state index contributed by atoms with van der Waals surface area (Å²) in [5.41, 5.74) is 1.50. The van der Waals surface area contributed by atoms with E-state index in [0.717, 1.165) is 44.1 Å². The predicted molar refractivity (Wildman–Crippen MR) is 166 cm³/mol. The molecule has 2 aromatic rings. The zero-order chi connectivity index (χ0) is 32.1. The first kappa shape index (κ1) is 33.5. The molecule has 1 N–H and O–H groups in total. The lowest BCUT2D eigenvalue weighted by Crippen LogP contribution is -2.31. The highest BCUT2D eigenvalue weighted by atomic mass is 19.2. The molecule has 0 spiro atoms. The number of hydrogen-bond donors (Lipinski definition) is 1. The molecule has 2 fully saturated rings. The third-order valence-electron chi connectivity index (χ3n) is 10.4. The van der Waals surface area contributed by atoms with Crippen molar-refractivity contribution in [1.82, 2.24) is 0 Å². The van der Waals surface area contributed by atoms with Gasteiger partial charge in [0.15, 0.2) is 23.2 Å². The molecule has 3 aliphatic rings. The minimum Gasteiger partial charge on any atom is -0.491 e. The molecule has 3 aliphatic carbocycles. The summed E-state index contributed by atoms with van der Waals surface area (Å²) >= 11 is 0. The van der Waals surface area contributed by atoms with E-state index in [1.807, 2.05) is 13.0 Å². The van der Waals surface area contributed by atoms with Crippen LogP contribution in [0.3, 0.4) is 0 Å². The second kappa shape index (κ2) is 15.1. The number of aliphatic hydroxyl groups is 1. The van der Waals surface area contributed by atoms with Crippen LogP contribution in [0.1, 0.15) is 126 Å². The Kier molecular flexibility index (Phi) is 11.3. The van der Waals surface area contributed by atoms with Crippen LogP contribution in [0, 0.1) is 41.0 Å². The Morgan fingerprint density at radius 1 is 0.844 bits per heavy atom. The van der Waals surface area contributed by atoms with Gasteiger partial charge in [0, 0.05) is 11.1 Å². The topological polar surface area (TPSA) is 55.8 Å². The summed E-state index contributed by atoms with van der Waals surface area (Å²) in [5, 5.41) is 10.1. The molecule has 8 heteroatoms. The smallest absolute Gasteiger partial charge is 0.309 e. The van der Waals surface area contributed by atoms with Gasteiger partial charge in [-0.1, -0.05) is 31.6 Å². The lowest BCUT2D eigenvalue weighted by Gasteiger charge is -2.36. The third kappa shape index (κ3) is 7.58. The Bertz CT molecular complexity index is 1360. The van der Waals surface area contributed by atoms with E-state index in [2.05, 4.69) is 0 Å². The van der Waals surface area contributed by atoms with Crippen molar-refractivity contribution in [3.8, 4) is 5.75 Å². The first-order chi connectivity index (χ1) is 21.7. The van der Waals surface area contributed by atoms with Crippen molar-refractivity contribution in [2.45, 2.75) is 115 Å². The van der Waals surface area contributed by atoms with E-state index < -0.39 is 29.4 Å². The molecule has 45 heavy (non-hydrogen) atoms. The van der Waals surface area contributed by atoms with E-state index in [0.29, 0.717) is 67.9 Å². The summed E-state index contributed by atoms with van der Waals surface area (Å²) in [5.74, 6) is -3.14. The van der Waals surface area contributed by atoms with E-state index in [-0.39, 0.29) is 41.8 Å². The molecule has 5 rings (SSSR count). The van der Waals surface area contributed by atoms with Gasteiger partial charge in [-0.15, -0.1) is 0 Å². The first-order valence-corrected chi connectivity index (χ1v) is 16.9. The molecule has 2 atom stereocenters. The molecule has 0 aliphatic heterocycles. The van der Waals surface area contributed by atoms with E-state index in [1.165, 1.54) is 12.1 Å². The maximum atomic E-state index is 14.9. The average Bonchev–Trinajstić information content (AvgIpc) is 3.05. The molecule has 246 valence electrons. The van der Waals surface area contributed by atoms with Gasteiger partial charge in [-0.3, -0.25) is 4.79 Å². The van der Waals surface area contributed by atoms with E-state index >= 15 is 0 Å². The zero-order valence-corrected chi connectivity index (χ0v) is 26.4. The van der Waals surface area contributed by atoms with Crippen LogP contribution in [0.25, 0.3) is 5.57 Å². The molecule has 0 amide bonds. The normalized spacial score (nSPS) is 26.2. The van der Waals surface area contributed by atoms with Crippen LogP contribution in [-0.2, 0) is 9.53 Å². The number of aliphatic hydroxyl groups excluding tert-OH is 1. The van der Waals surface area contributed by atoms with Gasteiger partial charge < -0.3 is 14.6 Å². The van der Waals surface area contributed by atoms with Gasteiger partial charge in [0.25, 0.3) is 0 Å². The van der Waals surface area contributed by atoms with Gasteiger partial charge in [0.2, 0.25) is 5.82 Å². The van der Waals surface area contributed by atoms with Crippen LogP contribution in [0.4, 0.5) is 17.6 Å². The van der Waals surface area contributed by atoms with Crippen molar-refractivity contribution < 1.29 is 36.9 Å². The van der Waals surface area contributed by atoms with E-state index in [9.17, 15) is 27.5 Å². The largest absolute Gasteiger partial charge is 0.491 e. The summed E-state index contributed by atoms with van der Waals surface area (Å²) in [6, 6.07) is 6.20. The fraction of sp³-hybridized carbons (Fsp3) is 0.595. The highest BCUT2D eigenvalue weighted by molar-refractivity contribution is 5.72. The lowest BCUT2D eigenvalue weighted by molar-refractivity contribution is -0.157. The Morgan fingerprint density at radius 2 is 1.58 bits per heavy atom.